The van der Waals surface area contributed by atoms with E-state index in [2.05, 4.69) is 20.8 Å². The quantitative estimate of drug-likeness (QED) is 0.0462. The Balaban J connectivity index is 4.17. The van der Waals surface area contributed by atoms with Crippen LogP contribution in [0.3, 0.4) is 0 Å². The molecule has 4 heteroatoms. The summed E-state index contributed by atoms with van der Waals surface area (Å²) >= 11 is 0. The van der Waals surface area contributed by atoms with Gasteiger partial charge in [-0.05, 0) is 25.7 Å². The van der Waals surface area contributed by atoms with Crippen molar-refractivity contribution < 1.29 is 19.1 Å². The number of hydrogen-bond acceptors (Lipinski definition) is 4. The molecule has 0 aliphatic heterocycles. The van der Waals surface area contributed by atoms with Gasteiger partial charge in [0, 0.05) is 12.8 Å². The van der Waals surface area contributed by atoms with Crippen LogP contribution in [0.15, 0.2) is 0 Å². The van der Waals surface area contributed by atoms with Gasteiger partial charge in [0.1, 0.15) is 12.7 Å². The molecule has 0 saturated carbocycles. The molecule has 4 nitrogen and oxygen atoms in total. The summed E-state index contributed by atoms with van der Waals surface area (Å²) in [4.78, 5) is 25.3. The molecule has 0 saturated heterocycles. The minimum atomic E-state index is -0.298. The molecule has 0 bridgehead atoms. The monoisotopic (exact) mass is 735 g/mol. The van der Waals surface area contributed by atoms with E-state index in [9.17, 15) is 9.59 Å². The SMILES string of the molecule is CCCCCCCCCCCCCCCC(=O)OCC(CCCCCCCCCCCCCC)OC(=O)CCCCCCCCCCCCCCC. The van der Waals surface area contributed by atoms with E-state index in [1.54, 1.807) is 0 Å². The molecular formula is C48H94O4. The molecule has 0 aromatic heterocycles. The summed E-state index contributed by atoms with van der Waals surface area (Å²) in [5.41, 5.74) is 0. The second-order valence-corrected chi connectivity index (χ2v) is 16.5. The Morgan fingerprint density at radius 2 is 0.577 bits per heavy atom. The zero-order valence-electron chi connectivity index (χ0n) is 35.9. The number of hydrogen-bond donors (Lipinski definition) is 0. The maximum atomic E-state index is 12.8. The van der Waals surface area contributed by atoms with Crippen molar-refractivity contribution in [3.05, 3.63) is 0 Å². The first kappa shape index (κ1) is 50.9. The van der Waals surface area contributed by atoms with E-state index in [4.69, 9.17) is 9.47 Å². The first-order valence-electron chi connectivity index (χ1n) is 24.0. The summed E-state index contributed by atoms with van der Waals surface area (Å²) in [6.07, 6.45) is 50.9. The fraction of sp³-hybridized carbons (Fsp3) is 0.958. The van der Waals surface area contributed by atoms with Crippen LogP contribution in [0.2, 0.25) is 0 Å². The van der Waals surface area contributed by atoms with Gasteiger partial charge in [-0.2, -0.15) is 0 Å². The molecule has 0 aromatic carbocycles. The molecular weight excluding hydrogens is 641 g/mol. The highest BCUT2D eigenvalue weighted by Crippen LogP contribution is 2.17. The summed E-state index contributed by atoms with van der Waals surface area (Å²) < 4.78 is 11.6. The molecule has 0 amide bonds. The van der Waals surface area contributed by atoms with Crippen molar-refractivity contribution >= 4 is 11.9 Å². The van der Waals surface area contributed by atoms with Gasteiger partial charge in [0.05, 0.1) is 0 Å². The predicted octanol–water partition coefficient (Wildman–Crippen LogP) is 16.5. The second kappa shape index (κ2) is 44.3. The Kier molecular flexibility index (Phi) is 43.4. The molecule has 310 valence electrons. The largest absolute Gasteiger partial charge is 0.462 e. The maximum absolute atomic E-state index is 12.8. The van der Waals surface area contributed by atoms with E-state index >= 15 is 0 Å². The van der Waals surface area contributed by atoms with Crippen LogP contribution in [0.25, 0.3) is 0 Å². The van der Waals surface area contributed by atoms with Crippen LogP contribution in [-0.2, 0) is 19.1 Å². The summed E-state index contributed by atoms with van der Waals surface area (Å²) in [7, 11) is 0. The average molecular weight is 735 g/mol. The van der Waals surface area contributed by atoms with Crippen molar-refractivity contribution in [3.63, 3.8) is 0 Å². The topological polar surface area (TPSA) is 52.6 Å². The molecule has 0 aliphatic carbocycles. The molecule has 0 heterocycles. The second-order valence-electron chi connectivity index (χ2n) is 16.5. The zero-order chi connectivity index (χ0) is 37.8. The Labute approximate surface area is 326 Å². The van der Waals surface area contributed by atoms with Crippen LogP contribution in [0.1, 0.15) is 284 Å². The third-order valence-corrected chi connectivity index (χ3v) is 11.1. The van der Waals surface area contributed by atoms with E-state index < -0.39 is 0 Å². The van der Waals surface area contributed by atoms with Crippen molar-refractivity contribution in [2.45, 2.75) is 290 Å². The minimum Gasteiger partial charge on any atom is -0.462 e. The predicted molar refractivity (Wildman–Crippen MR) is 227 cm³/mol. The van der Waals surface area contributed by atoms with Crippen LogP contribution in [0.5, 0.6) is 0 Å². The molecule has 0 aromatic rings. The highest BCUT2D eigenvalue weighted by atomic mass is 16.6. The fourth-order valence-corrected chi connectivity index (χ4v) is 7.47. The summed E-state index contributed by atoms with van der Waals surface area (Å²) in [5, 5.41) is 0. The number of ether oxygens (including phenoxy) is 2. The third kappa shape index (κ3) is 41.7. The molecule has 0 fully saturated rings. The average Bonchev–Trinajstić information content (AvgIpc) is 3.14. The van der Waals surface area contributed by atoms with Crippen molar-refractivity contribution in [1.29, 1.82) is 0 Å². The van der Waals surface area contributed by atoms with Crippen molar-refractivity contribution in [3.8, 4) is 0 Å². The van der Waals surface area contributed by atoms with Gasteiger partial charge in [0.2, 0.25) is 0 Å². The van der Waals surface area contributed by atoms with Crippen molar-refractivity contribution in [2.75, 3.05) is 6.61 Å². The number of unbranched alkanes of at least 4 members (excludes halogenated alkanes) is 35. The normalized spacial score (nSPS) is 12.0. The number of carbonyl (C=O) groups is 2. The van der Waals surface area contributed by atoms with Gasteiger partial charge in [0.15, 0.2) is 0 Å². The lowest BCUT2D eigenvalue weighted by molar-refractivity contribution is -0.159. The number of rotatable bonds is 44. The fourth-order valence-electron chi connectivity index (χ4n) is 7.47. The Morgan fingerprint density at radius 1 is 0.327 bits per heavy atom. The summed E-state index contributed by atoms with van der Waals surface area (Å²) in [6.45, 7) is 7.06. The standard InChI is InChI=1S/C48H94O4/c1-4-7-10-13-16-19-22-25-28-31-34-37-40-43-47(49)51-45-46(42-39-36-33-30-27-24-21-18-15-12-9-6-3)52-48(50)44-41-38-35-32-29-26-23-20-17-14-11-8-5-2/h46H,4-45H2,1-3H3. The lowest BCUT2D eigenvalue weighted by atomic mass is 10.0. The minimum absolute atomic E-state index is 0.112. The Morgan fingerprint density at radius 3 is 0.885 bits per heavy atom. The molecule has 0 N–H and O–H groups in total. The van der Waals surface area contributed by atoms with Gasteiger partial charge in [-0.3, -0.25) is 9.59 Å². The van der Waals surface area contributed by atoms with Gasteiger partial charge in [-0.15, -0.1) is 0 Å². The first-order valence-corrected chi connectivity index (χ1v) is 24.0. The smallest absolute Gasteiger partial charge is 0.306 e. The van der Waals surface area contributed by atoms with E-state index in [0.29, 0.717) is 12.8 Å². The van der Waals surface area contributed by atoms with E-state index in [1.165, 1.54) is 205 Å². The first-order chi connectivity index (χ1) is 25.6. The van der Waals surface area contributed by atoms with Gasteiger partial charge in [0.25, 0.3) is 0 Å². The highest BCUT2D eigenvalue weighted by molar-refractivity contribution is 5.70. The number of carbonyl (C=O) groups excluding carboxylic acids is 2. The number of esters is 2. The van der Waals surface area contributed by atoms with Gasteiger partial charge in [-0.25, -0.2) is 0 Å². The summed E-state index contributed by atoms with van der Waals surface area (Å²) in [6, 6.07) is 0. The molecule has 0 spiro atoms. The Bertz CT molecular complexity index is 706. The molecule has 52 heavy (non-hydrogen) atoms. The summed E-state index contributed by atoms with van der Waals surface area (Å²) in [5.74, 6) is -0.241. The van der Waals surface area contributed by atoms with Crippen molar-refractivity contribution in [2.24, 2.45) is 0 Å². The van der Waals surface area contributed by atoms with Crippen LogP contribution in [-0.4, -0.2) is 24.6 Å². The van der Waals surface area contributed by atoms with Crippen LogP contribution >= 0.6 is 0 Å². The molecule has 0 radical (unpaired) electrons. The molecule has 1 atom stereocenters. The zero-order valence-corrected chi connectivity index (χ0v) is 35.9. The van der Waals surface area contributed by atoms with Crippen LogP contribution in [0, 0.1) is 0 Å². The molecule has 1 unspecified atom stereocenters. The van der Waals surface area contributed by atoms with E-state index in [-0.39, 0.29) is 24.6 Å². The third-order valence-electron chi connectivity index (χ3n) is 11.1. The Hall–Kier alpha value is -1.06. The van der Waals surface area contributed by atoms with Crippen LogP contribution in [0.4, 0.5) is 0 Å². The molecule has 0 aliphatic rings. The van der Waals surface area contributed by atoms with Gasteiger partial charge < -0.3 is 9.47 Å². The highest BCUT2D eigenvalue weighted by Gasteiger charge is 2.17. The molecule has 0 rings (SSSR count). The van der Waals surface area contributed by atoms with Crippen molar-refractivity contribution in [1.82, 2.24) is 0 Å². The van der Waals surface area contributed by atoms with E-state index in [0.717, 1.165) is 44.9 Å². The van der Waals surface area contributed by atoms with Gasteiger partial charge in [-0.1, -0.05) is 245 Å². The van der Waals surface area contributed by atoms with E-state index in [1.807, 2.05) is 0 Å². The van der Waals surface area contributed by atoms with Gasteiger partial charge >= 0.3 is 11.9 Å². The maximum Gasteiger partial charge on any atom is 0.306 e. The van der Waals surface area contributed by atoms with Crippen LogP contribution < -0.4 is 0 Å². The lowest BCUT2D eigenvalue weighted by Crippen LogP contribution is -2.25. The lowest BCUT2D eigenvalue weighted by Gasteiger charge is -2.18.